The summed E-state index contributed by atoms with van der Waals surface area (Å²) in [6.07, 6.45) is 3.35. The molecule has 1 aliphatic heterocycles. The molecule has 1 saturated heterocycles. The average Bonchev–Trinajstić information content (AvgIpc) is 2.69. The minimum Gasteiger partial charge on any atom is -0.497 e. The fourth-order valence-corrected chi connectivity index (χ4v) is 5.38. The lowest BCUT2D eigenvalue weighted by Gasteiger charge is -2.54. The van der Waals surface area contributed by atoms with Crippen LogP contribution in [0, 0.1) is 12.8 Å². The number of likely N-dealkylation sites (tertiary alicyclic amines) is 1. The highest BCUT2D eigenvalue weighted by Gasteiger charge is 2.51. The second-order valence-electron chi connectivity index (χ2n) is 8.33. The molecule has 1 aromatic carbocycles. The van der Waals surface area contributed by atoms with Gasteiger partial charge in [0.25, 0.3) is 0 Å². The molecule has 3 unspecified atom stereocenters. The Kier molecular flexibility index (Phi) is 7.13. The standard InChI is InChI=1S/C23H35NO4/c1-17-5-7-20(27-4)15-22(17)23-9-10-24(11-12-28-14-13-26-3)18(2)21(23)8-6-19(25)16-23/h5,7,15,18,21H,6,8-14,16H2,1-4H3. The molecule has 28 heavy (non-hydrogen) atoms. The maximum atomic E-state index is 12.5. The first kappa shape index (κ1) is 21.3. The Morgan fingerprint density at radius 1 is 1.21 bits per heavy atom. The first-order valence-electron chi connectivity index (χ1n) is 10.5. The van der Waals surface area contributed by atoms with Gasteiger partial charge in [0.05, 0.1) is 26.9 Å². The average molecular weight is 390 g/mol. The summed E-state index contributed by atoms with van der Waals surface area (Å²) in [5.74, 6) is 1.76. The molecule has 1 aromatic rings. The summed E-state index contributed by atoms with van der Waals surface area (Å²) in [6.45, 7) is 8.43. The first-order chi connectivity index (χ1) is 13.5. The largest absolute Gasteiger partial charge is 0.497 e. The third kappa shape index (κ3) is 4.27. The van der Waals surface area contributed by atoms with Crippen LogP contribution in [-0.4, -0.2) is 63.9 Å². The molecule has 5 heteroatoms. The van der Waals surface area contributed by atoms with Crippen molar-refractivity contribution in [1.82, 2.24) is 4.90 Å². The summed E-state index contributed by atoms with van der Waals surface area (Å²) in [4.78, 5) is 15.1. The molecule has 1 heterocycles. The van der Waals surface area contributed by atoms with Crippen LogP contribution in [0.5, 0.6) is 5.75 Å². The second kappa shape index (κ2) is 9.38. The van der Waals surface area contributed by atoms with Crippen LogP contribution in [0.25, 0.3) is 0 Å². The third-order valence-electron chi connectivity index (χ3n) is 6.90. The number of piperidine rings is 1. The molecule has 2 aliphatic rings. The van der Waals surface area contributed by atoms with Gasteiger partial charge in [-0.05, 0) is 62.4 Å². The van der Waals surface area contributed by atoms with E-state index < -0.39 is 0 Å². The van der Waals surface area contributed by atoms with E-state index in [2.05, 4.69) is 30.9 Å². The van der Waals surface area contributed by atoms with Gasteiger partial charge in [-0.3, -0.25) is 9.69 Å². The summed E-state index contributed by atoms with van der Waals surface area (Å²) in [6, 6.07) is 6.76. The quantitative estimate of drug-likeness (QED) is 0.638. The van der Waals surface area contributed by atoms with Crippen molar-refractivity contribution in [1.29, 1.82) is 0 Å². The maximum Gasteiger partial charge on any atom is 0.133 e. The van der Waals surface area contributed by atoms with Crippen molar-refractivity contribution in [2.45, 2.75) is 51.0 Å². The highest BCUT2D eigenvalue weighted by atomic mass is 16.5. The van der Waals surface area contributed by atoms with Crippen LogP contribution in [0.3, 0.4) is 0 Å². The normalized spacial score (nSPS) is 28.2. The van der Waals surface area contributed by atoms with Crippen LogP contribution in [0.2, 0.25) is 0 Å². The molecule has 1 aliphatic carbocycles. The monoisotopic (exact) mass is 389 g/mol. The van der Waals surface area contributed by atoms with E-state index in [1.54, 1.807) is 14.2 Å². The number of fused-ring (bicyclic) bond motifs is 1. The zero-order valence-corrected chi connectivity index (χ0v) is 17.8. The van der Waals surface area contributed by atoms with Gasteiger partial charge >= 0.3 is 0 Å². The zero-order chi connectivity index (χ0) is 20.1. The van der Waals surface area contributed by atoms with Gasteiger partial charge in [-0.15, -0.1) is 0 Å². The van der Waals surface area contributed by atoms with Crippen LogP contribution in [-0.2, 0) is 19.7 Å². The summed E-state index contributed by atoms with van der Waals surface area (Å²) in [5.41, 5.74) is 2.51. The van der Waals surface area contributed by atoms with Crippen molar-refractivity contribution in [3.05, 3.63) is 29.3 Å². The molecular weight excluding hydrogens is 354 g/mol. The Morgan fingerprint density at radius 2 is 2.04 bits per heavy atom. The molecule has 0 N–H and O–H groups in total. The van der Waals surface area contributed by atoms with Gasteiger partial charge in [0.2, 0.25) is 0 Å². The number of nitrogens with zero attached hydrogens (tertiary/aromatic N) is 1. The van der Waals surface area contributed by atoms with Crippen molar-refractivity contribution in [3.8, 4) is 5.75 Å². The Hall–Kier alpha value is -1.43. The topological polar surface area (TPSA) is 48.0 Å². The molecule has 3 atom stereocenters. The SMILES string of the molecule is COCCOCCN1CCC2(c3cc(OC)ccc3C)CC(=O)CCC2C1C. The number of ether oxygens (including phenoxy) is 3. The van der Waals surface area contributed by atoms with E-state index in [9.17, 15) is 4.79 Å². The fraction of sp³-hybridized carbons (Fsp3) is 0.696. The van der Waals surface area contributed by atoms with E-state index in [1.807, 2.05) is 6.07 Å². The molecule has 156 valence electrons. The number of hydrogen-bond acceptors (Lipinski definition) is 5. The highest BCUT2D eigenvalue weighted by Crippen LogP contribution is 2.51. The Bertz CT molecular complexity index is 677. The van der Waals surface area contributed by atoms with E-state index in [4.69, 9.17) is 14.2 Å². The van der Waals surface area contributed by atoms with Crippen LogP contribution < -0.4 is 4.74 Å². The van der Waals surface area contributed by atoms with Crippen LogP contribution in [0.1, 0.15) is 43.7 Å². The van der Waals surface area contributed by atoms with Crippen LogP contribution in [0.4, 0.5) is 0 Å². The fourth-order valence-electron chi connectivity index (χ4n) is 5.38. The minimum absolute atomic E-state index is 0.0687. The lowest BCUT2D eigenvalue weighted by Crippen LogP contribution is -2.58. The summed E-state index contributed by atoms with van der Waals surface area (Å²) in [7, 11) is 3.41. The number of carbonyl (C=O) groups excluding carboxylic acids is 1. The number of carbonyl (C=O) groups is 1. The molecule has 0 aromatic heterocycles. The number of hydrogen-bond donors (Lipinski definition) is 0. The van der Waals surface area contributed by atoms with Gasteiger partial charge in [0, 0.05) is 38.0 Å². The molecular formula is C23H35NO4. The van der Waals surface area contributed by atoms with E-state index in [1.165, 1.54) is 11.1 Å². The molecule has 2 fully saturated rings. The van der Waals surface area contributed by atoms with Crippen LogP contribution >= 0.6 is 0 Å². The Morgan fingerprint density at radius 3 is 2.79 bits per heavy atom. The molecule has 0 spiro atoms. The number of benzene rings is 1. The van der Waals surface area contributed by atoms with Crippen molar-refractivity contribution in [2.24, 2.45) is 5.92 Å². The van der Waals surface area contributed by atoms with E-state index in [0.29, 0.717) is 43.8 Å². The van der Waals surface area contributed by atoms with Gasteiger partial charge in [0.15, 0.2) is 0 Å². The van der Waals surface area contributed by atoms with Crippen molar-refractivity contribution in [2.75, 3.05) is 47.1 Å². The van der Waals surface area contributed by atoms with Crippen molar-refractivity contribution in [3.63, 3.8) is 0 Å². The Balaban J connectivity index is 1.81. The van der Waals surface area contributed by atoms with Gasteiger partial charge in [-0.1, -0.05) is 6.07 Å². The highest BCUT2D eigenvalue weighted by molar-refractivity contribution is 5.81. The Labute approximate surface area is 169 Å². The molecule has 1 saturated carbocycles. The minimum atomic E-state index is -0.0687. The lowest BCUT2D eigenvalue weighted by molar-refractivity contribution is -0.126. The van der Waals surface area contributed by atoms with Gasteiger partial charge in [-0.25, -0.2) is 0 Å². The predicted molar refractivity (Wildman–Crippen MR) is 110 cm³/mol. The predicted octanol–water partition coefficient (Wildman–Crippen LogP) is 3.37. The molecule has 3 rings (SSSR count). The number of aryl methyl sites for hydroxylation is 1. The maximum absolute atomic E-state index is 12.5. The number of rotatable bonds is 8. The first-order valence-corrected chi connectivity index (χ1v) is 10.5. The van der Waals surface area contributed by atoms with Gasteiger partial charge in [0.1, 0.15) is 11.5 Å². The summed E-state index contributed by atoms with van der Waals surface area (Å²) in [5, 5.41) is 0. The van der Waals surface area contributed by atoms with E-state index in [0.717, 1.165) is 38.3 Å². The van der Waals surface area contributed by atoms with Gasteiger partial charge in [-0.2, -0.15) is 0 Å². The zero-order valence-electron chi connectivity index (χ0n) is 17.8. The third-order valence-corrected chi connectivity index (χ3v) is 6.90. The van der Waals surface area contributed by atoms with E-state index >= 15 is 0 Å². The lowest BCUT2D eigenvalue weighted by atomic mass is 9.56. The second-order valence-corrected chi connectivity index (χ2v) is 8.33. The van der Waals surface area contributed by atoms with Crippen LogP contribution in [0.15, 0.2) is 18.2 Å². The number of methoxy groups -OCH3 is 2. The van der Waals surface area contributed by atoms with Crippen molar-refractivity contribution >= 4 is 5.78 Å². The molecule has 0 bridgehead atoms. The number of ketones is 1. The smallest absolute Gasteiger partial charge is 0.133 e. The van der Waals surface area contributed by atoms with E-state index in [-0.39, 0.29) is 5.41 Å². The molecule has 0 amide bonds. The van der Waals surface area contributed by atoms with Crippen molar-refractivity contribution < 1.29 is 19.0 Å². The number of Topliss-reactive ketones (excluding diaryl/α,β-unsaturated/α-hetero) is 1. The molecule has 0 radical (unpaired) electrons. The van der Waals surface area contributed by atoms with Gasteiger partial charge < -0.3 is 14.2 Å². The summed E-state index contributed by atoms with van der Waals surface area (Å²) < 4.78 is 16.3. The summed E-state index contributed by atoms with van der Waals surface area (Å²) >= 11 is 0. The molecule has 5 nitrogen and oxygen atoms in total.